The van der Waals surface area contributed by atoms with Crippen molar-refractivity contribution in [2.24, 2.45) is 0 Å². The number of carbonyl (C=O) groups is 1. The minimum Gasteiger partial charge on any atom is -0.381 e. The molecule has 0 aromatic carbocycles. The number of aromatic nitrogens is 2. The third-order valence-corrected chi connectivity index (χ3v) is 6.19. The Balaban J connectivity index is 1.28. The number of nitrogens with zero attached hydrogens (tertiary/aromatic N) is 4. The molecule has 0 saturated carbocycles. The van der Waals surface area contributed by atoms with Crippen LogP contribution in [0.25, 0.3) is 0 Å². The first kappa shape index (κ1) is 17.8. The van der Waals surface area contributed by atoms with Gasteiger partial charge in [0.1, 0.15) is 5.82 Å². The number of fused-ring (bicyclic) bond motifs is 1. The molecule has 4 heterocycles. The quantitative estimate of drug-likeness (QED) is 0.889. The Labute approximate surface area is 155 Å². The third-order valence-electron chi connectivity index (χ3n) is 6.19. The smallest absolute Gasteiger partial charge is 0.317 e. The normalized spacial score (nSPS) is 28.0. The topological polar surface area (TPSA) is 62.6 Å². The summed E-state index contributed by atoms with van der Waals surface area (Å²) in [5.41, 5.74) is 0. The highest BCUT2D eigenvalue weighted by Gasteiger charge is 2.32. The number of rotatable bonds is 3. The number of aryl methyl sites for hydroxylation is 1. The van der Waals surface area contributed by atoms with Gasteiger partial charge in [-0.25, -0.2) is 9.78 Å². The van der Waals surface area contributed by atoms with Crippen molar-refractivity contribution in [2.75, 3.05) is 39.4 Å². The van der Waals surface area contributed by atoms with Gasteiger partial charge in [0.05, 0.1) is 0 Å². The summed E-state index contributed by atoms with van der Waals surface area (Å²) in [5.74, 6) is 1.45. The zero-order valence-corrected chi connectivity index (χ0v) is 15.8. The first-order valence-electron chi connectivity index (χ1n) is 10.1. The minimum absolute atomic E-state index is 0.0767. The molecule has 144 valence electrons. The first-order chi connectivity index (χ1) is 12.7. The molecule has 7 heteroatoms. The van der Waals surface area contributed by atoms with E-state index in [9.17, 15) is 4.79 Å². The average molecular weight is 361 g/mol. The molecule has 0 radical (unpaired) electrons. The number of hydrogen-bond donors (Lipinski definition) is 1. The molecule has 2 saturated heterocycles. The predicted molar refractivity (Wildman–Crippen MR) is 99.2 cm³/mol. The van der Waals surface area contributed by atoms with Crippen molar-refractivity contribution < 1.29 is 9.53 Å². The summed E-state index contributed by atoms with van der Waals surface area (Å²) in [6.07, 6.45) is 8.41. The third kappa shape index (κ3) is 3.74. The van der Waals surface area contributed by atoms with Gasteiger partial charge in [-0.15, -0.1) is 0 Å². The molecule has 0 aliphatic carbocycles. The molecule has 1 aromatic rings. The molecule has 2 fully saturated rings. The van der Waals surface area contributed by atoms with Gasteiger partial charge < -0.3 is 19.5 Å². The fourth-order valence-corrected chi connectivity index (χ4v) is 4.68. The lowest BCUT2D eigenvalue weighted by Crippen LogP contribution is -2.59. The Morgan fingerprint density at radius 2 is 2.12 bits per heavy atom. The van der Waals surface area contributed by atoms with Crippen molar-refractivity contribution in [1.82, 2.24) is 24.7 Å². The lowest BCUT2D eigenvalue weighted by molar-refractivity contribution is 0.00699. The second-order valence-corrected chi connectivity index (χ2v) is 7.88. The fraction of sp³-hybridized carbons (Fsp3) is 0.789. The van der Waals surface area contributed by atoms with Crippen molar-refractivity contribution in [3.63, 3.8) is 0 Å². The van der Waals surface area contributed by atoms with Gasteiger partial charge in [0, 0.05) is 76.3 Å². The molecule has 3 aliphatic rings. The van der Waals surface area contributed by atoms with Crippen LogP contribution in [0.2, 0.25) is 0 Å². The Hall–Kier alpha value is -1.60. The standard InChI is InChI=1S/C19H31N5O2/c1-15-14-23(17-4-11-26-12-5-17)9-10-24(15)19(25)21-13-16-3-2-7-22-8-6-20-18(16)22/h6,8,15-17H,2-5,7,9-14H2,1H3,(H,21,25)/t15-,16?/m0/s1. The van der Waals surface area contributed by atoms with Gasteiger partial charge in [0.15, 0.2) is 0 Å². The maximum Gasteiger partial charge on any atom is 0.317 e. The van der Waals surface area contributed by atoms with Crippen LogP contribution < -0.4 is 5.32 Å². The highest BCUT2D eigenvalue weighted by Crippen LogP contribution is 2.25. The first-order valence-corrected chi connectivity index (χ1v) is 10.1. The van der Waals surface area contributed by atoms with Gasteiger partial charge in [-0.1, -0.05) is 0 Å². The number of carbonyl (C=O) groups excluding carboxylic acids is 1. The largest absolute Gasteiger partial charge is 0.381 e. The molecule has 1 N–H and O–H groups in total. The molecule has 1 aromatic heterocycles. The van der Waals surface area contributed by atoms with Crippen molar-refractivity contribution in [2.45, 2.75) is 57.2 Å². The van der Waals surface area contributed by atoms with Crippen LogP contribution in [-0.4, -0.2) is 76.9 Å². The Kier molecular flexibility index (Phi) is 5.45. The monoisotopic (exact) mass is 361 g/mol. The van der Waals surface area contributed by atoms with E-state index in [1.54, 1.807) is 0 Å². The average Bonchev–Trinajstić information content (AvgIpc) is 3.16. The van der Waals surface area contributed by atoms with Crippen LogP contribution in [0.15, 0.2) is 12.4 Å². The molecule has 2 atom stereocenters. The lowest BCUT2D eigenvalue weighted by atomic mass is 9.99. The maximum absolute atomic E-state index is 12.7. The molecule has 26 heavy (non-hydrogen) atoms. The van der Waals surface area contributed by atoms with Gasteiger partial charge in [0.25, 0.3) is 0 Å². The van der Waals surface area contributed by atoms with Crippen LogP contribution in [0.4, 0.5) is 4.79 Å². The molecule has 2 amide bonds. The number of ether oxygens (including phenoxy) is 1. The van der Waals surface area contributed by atoms with Crippen LogP contribution >= 0.6 is 0 Å². The van der Waals surface area contributed by atoms with Crippen LogP contribution in [0.1, 0.15) is 44.3 Å². The van der Waals surface area contributed by atoms with E-state index in [1.165, 1.54) is 0 Å². The van der Waals surface area contributed by atoms with E-state index < -0.39 is 0 Å². The molecule has 1 unspecified atom stereocenters. The number of amides is 2. The van der Waals surface area contributed by atoms with E-state index in [1.807, 2.05) is 17.3 Å². The minimum atomic E-state index is 0.0767. The lowest BCUT2D eigenvalue weighted by Gasteiger charge is -2.44. The van der Waals surface area contributed by atoms with E-state index >= 15 is 0 Å². The van der Waals surface area contributed by atoms with E-state index in [-0.39, 0.29) is 12.1 Å². The fourth-order valence-electron chi connectivity index (χ4n) is 4.68. The second kappa shape index (κ2) is 7.96. The Bertz CT molecular complexity index is 613. The Morgan fingerprint density at radius 1 is 1.27 bits per heavy atom. The number of hydrogen-bond acceptors (Lipinski definition) is 4. The van der Waals surface area contributed by atoms with Crippen LogP contribution in [0, 0.1) is 0 Å². The highest BCUT2D eigenvalue weighted by atomic mass is 16.5. The zero-order valence-electron chi connectivity index (χ0n) is 15.8. The summed E-state index contributed by atoms with van der Waals surface area (Å²) in [4.78, 5) is 21.8. The van der Waals surface area contributed by atoms with Gasteiger partial charge in [0.2, 0.25) is 0 Å². The zero-order chi connectivity index (χ0) is 17.9. The summed E-state index contributed by atoms with van der Waals surface area (Å²) in [5, 5.41) is 3.17. The van der Waals surface area contributed by atoms with Crippen LogP contribution in [-0.2, 0) is 11.3 Å². The summed E-state index contributed by atoms with van der Waals surface area (Å²) in [6.45, 7) is 8.38. The molecule has 4 rings (SSSR count). The number of nitrogens with one attached hydrogen (secondary N) is 1. The van der Waals surface area contributed by atoms with Crippen molar-refractivity contribution >= 4 is 6.03 Å². The predicted octanol–water partition coefficient (Wildman–Crippen LogP) is 1.66. The van der Waals surface area contributed by atoms with Crippen molar-refractivity contribution in [3.8, 4) is 0 Å². The molecule has 3 aliphatic heterocycles. The summed E-state index contributed by atoms with van der Waals surface area (Å²) >= 11 is 0. The van der Waals surface area contributed by atoms with Gasteiger partial charge in [-0.2, -0.15) is 0 Å². The number of imidazole rings is 1. The highest BCUT2D eigenvalue weighted by molar-refractivity contribution is 5.74. The van der Waals surface area contributed by atoms with Crippen molar-refractivity contribution in [3.05, 3.63) is 18.2 Å². The number of urea groups is 1. The van der Waals surface area contributed by atoms with Crippen LogP contribution in [0.5, 0.6) is 0 Å². The van der Waals surface area contributed by atoms with E-state index in [2.05, 4.69) is 26.7 Å². The SMILES string of the molecule is C[C@H]1CN(C2CCOCC2)CCN1C(=O)NCC1CCCn2ccnc21. The van der Waals surface area contributed by atoms with Crippen LogP contribution in [0.3, 0.4) is 0 Å². The molecular weight excluding hydrogens is 330 g/mol. The van der Waals surface area contributed by atoms with E-state index in [4.69, 9.17) is 4.74 Å². The Morgan fingerprint density at radius 3 is 2.92 bits per heavy atom. The van der Waals surface area contributed by atoms with Gasteiger partial charge in [-0.05, 0) is 32.6 Å². The molecule has 0 bridgehead atoms. The second-order valence-electron chi connectivity index (χ2n) is 7.88. The summed E-state index contributed by atoms with van der Waals surface area (Å²) in [7, 11) is 0. The van der Waals surface area contributed by atoms with E-state index in [0.29, 0.717) is 18.5 Å². The summed E-state index contributed by atoms with van der Waals surface area (Å²) in [6, 6.07) is 0.949. The maximum atomic E-state index is 12.7. The van der Waals surface area contributed by atoms with Crippen molar-refractivity contribution in [1.29, 1.82) is 0 Å². The van der Waals surface area contributed by atoms with E-state index in [0.717, 1.165) is 70.9 Å². The molecular formula is C19H31N5O2. The molecule has 7 nitrogen and oxygen atoms in total. The van der Waals surface area contributed by atoms with Gasteiger partial charge >= 0.3 is 6.03 Å². The van der Waals surface area contributed by atoms with Gasteiger partial charge in [-0.3, -0.25) is 4.90 Å². The summed E-state index contributed by atoms with van der Waals surface area (Å²) < 4.78 is 7.70. The number of piperazine rings is 1. The molecule has 0 spiro atoms.